The van der Waals surface area contributed by atoms with Gasteiger partial charge in [-0.3, -0.25) is 0 Å². The number of carboxylic acid groups (broad SMARTS) is 1. The van der Waals surface area contributed by atoms with Crippen LogP contribution in [-0.2, 0) is 4.79 Å². The SMILES string of the molecule is CCC(Oc1ccc(C=C(C#N)c2ccc(OC)c(OC)c2)cc1)C(=O)O. The van der Waals surface area contributed by atoms with Crippen molar-refractivity contribution in [1.82, 2.24) is 0 Å². The van der Waals surface area contributed by atoms with Crippen LogP contribution >= 0.6 is 0 Å². The van der Waals surface area contributed by atoms with Crippen molar-refractivity contribution in [3.8, 4) is 23.3 Å². The van der Waals surface area contributed by atoms with Crippen LogP contribution in [0.15, 0.2) is 42.5 Å². The van der Waals surface area contributed by atoms with Crippen LogP contribution in [0.1, 0.15) is 24.5 Å². The van der Waals surface area contributed by atoms with Crippen LogP contribution in [-0.4, -0.2) is 31.4 Å². The highest BCUT2D eigenvalue weighted by atomic mass is 16.5. The summed E-state index contributed by atoms with van der Waals surface area (Å²) in [4.78, 5) is 11.1. The maximum Gasteiger partial charge on any atom is 0.344 e. The molecule has 0 saturated carbocycles. The van der Waals surface area contributed by atoms with Gasteiger partial charge in [-0.1, -0.05) is 19.1 Å². The zero-order valence-electron chi connectivity index (χ0n) is 15.4. The Balaban J connectivity index is 2.25. The second-order valence-electron chi connectivity index (χ2n) is 5.66. The summed E-state index contributed by atoms with van der Waals surface area (Å²) in [5, 5.41) is 18.6. The number of hydrogen-bond acceptors (Lipinski definition) is 5. The van der Waals surface area contributed by atoms with Crippen molar-refractivity contribution in [1.29, 1.82) is 5.26 Å². The van der Waals surface area contributed by atoms with Crippen molar-refractivity contribution < 1.29 is 24.1 Å². The summed E-state index contributed by atoms with van der Waals surface area (Å²) in [5.74, 6) is 0.593. The van der Waals surface area contributed by atoms with Gasteiger partial charge in [0.15, 0.2) is 17.6 Å². The molecule has 27 heavy (non-hydrogen) atoms. The molecule has 0 radical (unpaired) electrons. The number of nitrogens with zero attached hydrogens (tertiary/aromatic N) is 1. The summed E-state index contributed by atoms with van der Waals surface area (Å²) in [6, 6.07) is 14.3. The van der Waals surface area contributed by atoms with Gasteiger partial charge in [0.1, 0.15) is 5.75 Å². The molecule has 1 atom stereocenters. The molecule has 0 aliphatic carbocycles. The Labute approximate surface area is 158 Å². The molecule has 2 rings (SSSR count). The fourth-order valence-electron chi connectivity index (χ4n) is 2.47. The van der Waals surface area contributed by atoms with Gasteiger partial charge in [-0.05, 0) is 54.0 Å². The predicted octanol–water partition coefficient (Wildman–Crippen LogP) is 4.01. The van der Waals surface area contributed by atoms with Gasteiger partial charge < -0.3 is 19.3 Å². The van der Waals surface area contributed by atoms with E-state index in [1.165, 1.54) is 7.11 Å². The highest BCUT2D eigenvalue weighted by Crippen LogP contribution is 2.31. The summed E-state index contributed by atoms with van der Waals surface area (Å²) in [7, 11) is 3.09. The Morgan fingerprint density at radius 3 is 2.33 bits per heavy atom. The van der Waals surface area contributed by atoms with E-state index in [9.17, 15) is 10.1 Å². The van der Waals surface area contributed by atoms with Crippen LogP contribution in [0.5, 0.6) is 17.2 Å². The van der Waals surface area contributed by atoms with E-state index in [4.69, 9.17) is 19.3 Å². The van der Waals surface area contributed by atoms with E-state index in [1.54, 1.807) is 62.6 Å². The minimum atomic E-state index is -0.998. The molecule has 0 heterocycles. The third-order valence-electron chi connectivity index (χ3n) is 3.93. The van der Waals surface area contributed by atoms with Gasteiger partial charge in [0, 0.05) is 0 Å². The Bertz CT molecular complexity index is 865. The van der Waals surface area contributed by atoms with Crippen molar-refractivity contribution in [2.24, 2.45) is 0 Å². The molecule has 1 N–H and O–H groups in total. The van der Waals surface area contributed by atoms with Crippen LogP contribution in [0.2, 0.25) is 0 Å². The van der Waals surface area contributed by atoms with E-state index < -0.39 is 12.1 Å². The molecule has 0 amide bonds. The molecule has 2 aromatic carbocycles. The monoisotopic (exact) mass is 367 g/mol. The predicted molar refractivity (Wildman–Crippen MR) is 102 cm³/mol. The summed E-state index contributed by atoms with van der Waals surface area (Å²) < 4.78 is 15.9. The molecule has 0 aliphatic rings. The summed E-state index contributed by atoms with van der Waals surface area (Å²) in [5.41, 5.74) is 1.95. The molecule has 0 aromatic heterocycles. The van der Waals surface area contributed by atoms with Crippen molar-refractivity contribution in [3.05, 3.63) is 53.6 Å². The van der Waals surface area contributed by atoms with Crippen LogP contribution in [0, 0.1) is 11.3 Å². The average Bonchev–Trinajstić information content (AvgIpc) is 2.70. The van der Waals surface area contributed by atoms with Gasteiger partial charge in [-0.25, -0.2) is 4.79 Å². The van der Waals surface area contributed by atoms with Gasteiger partial charge in [0.2, 0.25) is 0 Å². The van der Waals surface area contributed by atoms with E-state index in [-0.39, 0.29) is 0 Å². The number of benzene rings is 2. The van der Waals surface area contributed by atoms with Crippen molar-refractivity contribution in [3.63, 3.8) is 0 Å². The molecule has 140 valence electrons. The molecule has 6 heteroatoms. The van der Waals surface area contributed by atoms with Gasteiger partial charge in [-0.15, -0.1) is 0 Å². The number of carboxylic acids is 1. The Kier molecular flexibility index (Phi) is 6.84. The fraction of sp³-hybridized carbons (Fsp3) is 0.238. The quantitative estimate of drug-likeness (QED) is 0.560. The van der Waals surface area contributed by atoms with E-state index >= 15 is 0 Å². The number of methoxy groups -OCH3 is 2. The van der Waals surface area contributed by atoms with Crippen LogP contribution in [0.25, 0.3) is 11.6 Å². The van der Waals surface area contributed by atoms with Gasteiger partial charge in [0.05, 0.1) is 25.9 Å². The van der Waals surface area contributed by atoms with Crippen molar-refractivity contribution >= 4 is 17.6 Å². The maximum absolute atomic E-state index is 11.1. The number of allylic oxidation sites excluding steroid dienone is 1. The topological polar surface area (TPSA) is 88.8 Å². The number of hydrogen-bond donors (Lipinski definition) is 1. The highest BCUT2D eigenvalue weighted by Gasteiger charge is 2.16. The minimum Gasteiger partial charge on any atom is -0.493 e. The lowest BCUT2D eigenvalue weighted by molar-refractivity contribution is -0.145. The normalized spacial score (nSPS) is 12.0. The lowest BCUT2D eigenvalue weighted by Gasteiger charge is -2.13. The van der Waals surface area contributed by atoms with Crippen molar-refractivity contribution in [2.45, 2.75) is 19.4 Å². The van der Waals surface area contributed by atoms with Crippen molar-refractivity contribution in [2.75, 3.05) is 14.2 Å². The molecule has 0 spiro atoms. The number of nitriles is 1. The standard InChI is InChI=1S/C21H21NO5/c1-4-18(21(23)24)27-17-8-5-14(6-9-17)11-16(13-22)15-7-10-19(25-2)20(12-15)26-3/h5-12,18H,4H2,1-3H3,(H,23,24). The fourth-order valence-corrected chi connectivity index (χ4v) is 2.47. The number of aliphatic carboxylic acids is 1. The van der Waals surface area contributed by atoms with E-state index in [0.29, 0.717) is 34.8 Å². The second kappa shape index (κ2) is 9.30. The molecular formula is C21H21NO5. The summed E-state index contributed by atoms with van der Waals surface area (Å²) in [6.07, 6.45) is 1.22. The van der Waals surface area contributed by atoms with Gasteiger partial charge >= 0.3 is 5.97 Å². The minimum absolute atomic E-state index is 0.370. The Hall–Kier alpha value is -3.46. The first-order chi connectivity index (χ1) is 13.0. The Morgan fingerprint density at radius 1 is 1.15 bits per heavy atom. The third-order valence-corrected chi connectivity index (χ3v) is 3.93. The smallest absolute Gasteiger partial charge is 0.344 e. The summed E-state index contributed by atoms with van der Waals surface area (Å²) >= 11 is 0. The lowest BCUT2D eigenvalue weighted by Crippen LogP contribution is -2.25. The first-order valence-corrected chi connectivity index (χ1v) is 8.36. The number of carbonyl (C=O) groups is 1. The maximum atomic E-state index is 11.1. The molecule has 0 bridgehead atoms. The van der Waals surface area contributed by atoms with E-state index in [1.807, 2.05) is 0 Å². The molecular weight excluding hydrogens is 346 g/mol. The largest absolute Gasteiger partial charge is 0.493 e. The highest BCUT2D eigenvalue weighted by molar-refractivity contribution is 5.90. The molecule has 1 unspecified atom stereocenters. The van der Waals surface area contributed by atoms with Crippen LogP contribution in [0.3, 0.4) is 0 Å². The summed E-state index contributed by atoms with van der Waals surface area (Å²) in [6.45, 7) is 1.75. The molecule has 6 nitrogen and oxygen atoms in total. The zero-order valence-corrected chi connectivity index (χ0v) is 15.4. The average molecular weight is 367 g/mol. The first kappa shape index (κ1) is 19.9. The second-order valence-corrected chi connectivity index (χ2v) is 5.66. The molecule has 0 aliphatic heterocycles. The third kappa shape index (κ3) is 5.02. The lowest BCUT2D eigenvalue weighted by atomic mass is 10.0. The van der Waals surface area contributed by atoms with Gasteiger partial charge in [0.25, 0.3) is 0 Å². The number of rotatable bonds is 8. The van der Waals surface area contributed by atoms with Crippen LogP contribution in [0.4, 0.5) is 0 Å². The molecule has 0 fully saturated rings. The van der Waals surface area contributed by atoms with E-state index in [2.05, 4.69) is 6.07 Å². The van der Waals surface area contributed by atoms with Gasteiger partial charge in [-0.2, -0.15) is 5.26 Å². The van der Waals surface area contributed by atoms with Crippen LogP contribution < -0.4 is 14.2 Å². The first-order valence-electron chi connectivity index (χ1n) is 8.36. The Morgan fingerprint density at radius 2 is 1.81 bits per heavy atom. The molecule has 2 aromatic rings. The molecule has 0 saturated heterocycles. The zero-order chi connectivity index (χ0) is 19.8. The van der Waals surface area contributed by atoms with E-state index in [0.717, 1.165) is 5.56 Å². The number of ether oxygens (including phenoxy) is 3.